The van der Waals surface area contributed by atoms with Crippen LogP contribution >= 0.6 is 0 Å². The number of aryl methyl sites for hydroxylation is 2. The lowest BCUT2D eigenvalue weighted by Crippen LogP contribution is -2.32. The molecular weight excluding hydrogens is 400 g/mol. The number of likely N-dealkylation sites (N-methyl/N-ethyl adjacent to an activating group) is 1. The Balaban J connectivity index is 1.43. The van der Waals surface area contributed by atoms with Crippen LogP contribution in [0.5, 0.6) is 5.75 Å². The second-order valence-electron chi connectivity index (χ2n) is 8.91. The number of carboxylic acids is 1. The van der Waals surface area contributed by atoms with Crippen molar-refractivity contribution in [1.82, 2.24) is 9.88 Å². The van der Waals surface area contributed by atoms with Crippen LogP contribution in [0, 0.1) is 6.92 Å². The highest BCUT2D eigenvalue weighted by atomic mass is 16.5. The number of pyridine rings is 1. The number of ether oxygens (including phenoxy) is 1. The average Bonchev–Trinajstić information content (AvgIpc) is 3.25. The van der Waals surface area contributed by atoms with Crippen molar-refractivity contribution >= 4 is 5.97 Å². The lowest BCUT2D eigenvalue weighted by atomic mass is 9.86. The van der Waals surface area contributed by atoms with Gasteiger partial charge in [-0.25, -0.2) is 4.79 Å². The van der Waals surface area contributed by atoms with Gasteiger partial charge in [-0.1, -0.05) is 18.2 Å². The van der Waals surface area contributed by atoms with Crippen LogP contribution in [-0.2, 0) is 19.3 Å². The quantitative estimate of drug-likeness (QED) is 0.629. The maximum atomic E-state index is 11.6. The van der Waals surface area contributed by atoms with Crippen LogP contribution in [0.1, 0.15) is 50.6 Å². The second-order valence-corrected chi connectivity index (χ2v) is 8.91. The molecule has 3 heterocycles. The van der Waals surface area contributed by atoms with Gasteiger partial charge in [0.1, 0.15) is 5.75 Å². The van der Waals surface area contributed by atoms with Crippen LogP contribution in [0.3, 0.4) is 0 Å². The number of carbonyl (C=O) groups is 1. The molecule has 0 radical (unpaired) electrons. The number of rotatable bonds is 5. The van der Waals surface area contributed by atoms with Gasteiger partial charge in [0.2, 0.25) is 0 Å². The molecule has 1 atom stereocenters. The van der Waals surface area contributed by atoms with Gasteiger partial charge in [0, 0.05) is 31.4 Å². The number of aromatic carboxylic acids is 1. The Kier molecular flexibility index (Phi) is 5.43. The summed E-state index contributed by atoms with van der Waals surface area (Å²) in [5.74, 6) is 0.140. The first-order valence-electron chi connectivity index (χ1n) is 11.3. The summed E-state index contributed by atoms with van der Waals surface area (Å²) in [6.07, 6.45) is 6.80. The topological polar surface area (TPSA) is 62.7 Å². The molecule has 2 aliphatic rings. The van der Waals surface area contributed by atoms with E-state index in [1.165, 1.54) is 33.4 Å². The summed E-state index contributed by atoms with van der Waals surface area (Å²) in [4.78, 5) is 18.1. The summed E-state index contributed by atoms with van der Waals surface area (Å²) in [7, 11) is 2.16. The lowest BCUT2D eigenvalue weighted by Gasteiger charge is -2.35. The van der Waals surface area contributed by atoms with Crippen LogP contribution < -0.4 is 4.74 Å². The molecule has 0 saturated carbocycles. The SMILES string of the molecule is Cc1cc2c(cc1-c1ccc3c(c1)CCN(C)[C@H]3CCc1cnccc1C(=O)O)CCO2. The van der Waals surface area contributed by atoms with E-state index in [1.807, 2.05) is 0 Å². The van der Waals surface area contributed by atoms with Crippen LogP contribution in [0.4, 0.5) is 0 Å². The number of nitrogens with zero attached hydrogens (tertiary/aromatic N) is 2. The molecule has 1 aromatic heterocycles. The van der Waals surface area contributed by atoms with E-state index >= 15 is 0 Å². The zero-order valence-corrected chi connectivity index (χ0v) is 18.6. The molecule has 0 bridgehead atoms. The predicted molar refractivity (Wildman–Crippen MR) is 124 cm³/mol. The van der Waals surface area contributed by atoms with E-state index in [0.717, 1.165) is 43.7 Å². The van der Waals surface area contributed by atoms with E-state index in [1.54, 1.807) is 18.5 Å². The van der Waals surface area contributed by atoms with Crippen LogP contribution in [0.15, 0.2) is 48.8 Å². The van der Waals surface area contributed by atoms with Gasteiger partial charge in [-0.15, -0.1) is 0 Å². The molecule has 5 heteroatoms. The fraction of sp³-hybridized carbons (Fsp3) is 0.333. The Morgan fingerprint density at radius 2 is 2.06 bits per heavy atom. The fourth-order valence-electron chi connectivity index (χ4n) is 5.15. The Bertz CT molecular complexity index is 1190. The minimum absolute atomic E-state index is 0.268. The first kappa shape index (κ1) is 20.7. The fourth-order valence-corrected chi connectivity index (χ4v) is 5.15. The highest BCUT2D eigenvalue weighted by Crippen LogP contribution is 2.38. The van der Waals surface area contributed by atoms with Gasteiger partial charge in [-0.3, -0.25) is 9.88 Å². The van der Waals surface area contributed by atoms with Gasteiger partial charge in [0.15, 0.2) is 0 Å². The number of benzene rings is 2. The third-order valence-electron chi connectivity index (χ3n) is 6.94. The first-order chi connectivity index (χ1) is 15.5. The Morgan fingerprint density at radius 1 is 1.19 bits per heavy atom. The van der Waals surface area contributed by atoms with Gasteiger partial charge < -0.3 is 9.84 Å². The van der Waals surface area contributed by atoms with E-state index in [0.29, 0.717) is 12.0 Å². The third-order valence-corrected chi connectivity index (χ3v) is 6.94. The van der Waals surface area contributed by atoms with E-state index in [4.69, 9.17) is 4.74 Å². The van der Waals surface area contributed by atoms with Crippen molar-refractivity contribution in [2.75, 3.05) is 20.2 Å². The number of hydrogen-bond acceptors (Lipinski definition) is 4. The van der Waals surface area contributed by atoms with Crippen molar-refractivity contribution in [3.05, 3.63) is 82.2 Å². The maximum absolute atomic E-state index is 11.6. The molecule has 1 N–H and O–H groups in total. The molecule has 2 aromatic carbocycles. The average molecular weight is 429 g/mol. The molecule has 0 spiro atoms. The second kappa shape index (κ2) is 8.40. The molecule has 0 amide bonds. The summed E-state index contributed by atoms with van der Waals surface area (Å²) in [6.45, 7) is 3.93. The summed E-state index contributed by atoms with van der Waals surface area (Å²) in [5.41, 5.74) is 8.99. The van der Waals surface area contributed by atoms with Crippen molar-refractivity contribution in [2.45, 2.75) is 38.6 Å². The zero-order valence-electron chi connectivity index (χ0n) is 18.6. The molecule has 164 valence electrons. The first-order valence-corrected chi connectivity index (χ1v) is 11.3. The van der Waals surface area contributed by atoms with Crippen molar-refractivity contribution in [2.24, 2.45) is 0 Å². The highest BCUT2D eigenvalue weighted by Gasteiger charge is 2.26. The van der Waals surface area contributed by atoms with E-state index in [-0.39, 0.29) is 6.04 Å². The largest absolute Gasteiger partial charge is 0.493 e. The molecule has 32 heavy (non-hydrogen) atoms. The Hall–Kier alpha value is -3.18. The van der Waals surface area contributed by atoms with Crippen molar-refractivity contribution in [3.8, 4) is 16.9 Å². The van der Waals surface area contributed by atoms with Gasteiger partial charge in [0.05, 0.1) is 12.2 Å². The molecule has 0 fully saturated rings. The minimum atomic E-state index is -0.889. The number of aromatic nitrogens is 1. The number of fused-ring (bicyclic) bond motifs is 2. The predicted octanol–water partition coefficient (Wildman–Crippen LogP) is 4.85. The molecule has 5 rings (SSSR count). The summed E-state index contributed by atoms with van der Waals surface area (Å²) in [5, 5.41) is 9.49. The third kappa shape index (κ3) is 3.78. The molecule has 2 aliphatic heterocycles. The Morgan fingerprint density at radius 3 is 2.91 bits per heavy atom. The Labute approximate surface area is 188 Å². The summed E-state index contributed by atoms with van der Waals surface area (Å²) < 4.78 is 5.73. The monoisotopic (exact) mass is 428 g/mol. The minimum Gasteiger partial charge on any atom is -0.493 e. The van der Waals surface area contributed by atoms with Gasteiger partial charge >= 0.3 is 5.97 Å². The van der Waals surface area contributed by atoms with Crippen LogP contribution in [0.25, 0.3) is 11.1 Å². The molecule has 0 unspecified atom stereocenters. The standard InChI is InChI=1S/C27H28N2O3/c1-17-13-26-20(9-12-32-26)15-24(17)18-3-5-22-19(14-18)8-11-29(2)25(22)6-4-21-16-28-10-7-23(21)27(30)31/h3,5,7,10,13-16,25H,4,6,8-9,11-12H2,1-2H3,(H,30,31)/t25-/m0/s1. The van der Waals surface area contributed by atoms with Gasteiger partial charge in [-0.05, 0) is 90.4 Å². The summed E-state index contributed by atoms with van der Waals surface area (Å²) in [6, 6.07) is 13.2. The van der Waals surface area contributed by atoms with Crippen molar-refractivity contribution in [1.29, 1.82) is 0 Å². The smallest absolute Gasteiger partial charge is 0.336 e. The van der Waals surface area contributed by atoms with Crippen molar-refractivity contribution in [3.63, 3.8) is 0 Å². The number of hydrogen-bond donors (Lipinski definition) is 1. The zero-order chi connectivity index (χ0) is 22.2. The van der Waals surface area contributed by atoms with Crippen LogP contribution in [0.2, 0.25) is 0 Å². The molecule has 3 aromatic rings. The van der Waals surface area contributed by atoms with Crippen LogP contribution in [-0.4, -0.2) is 41.2 Å². The lowest BCUT2D eigenvalue weighted by molar-refractivity contribution is 0.0695. The summed E-state index contributed by atoms with van der Waals surface area (Å²) >= 11 is 0. The molecular formula is C27H28N2O3. The van der Waals surface area contributed by atoms with E-state index < -0.39 is 5.97 Å². The maximum Gasteiger partial charge on any atom is 0.336 e. The van der Waals surface area contributed by atoms with Crippen molar-refractivity contribution < 1.29 is 14.6 Å². The molecule has 0 saturated heterocycles. The van der Waals surface area contributed by atoms with E-state index in [2.05, 4.69) is 54.2 Å². The van der Waals surface area contributed by atoms with Gasteiger partial charge in [-0.2, -0.15) is 0 Å². The molecule has 5 nitrogen and oxygen atoms in total. The van der Waals surface area contributed by atoms with E-state index in [9.17, 15) is 9.90 Å². The molecule has 0 aliphatic carbocycles. The van der Waals surface area contributed by atoms with Gasteiger partial charge in [0.25, 0.3) is 0 Å². The normalized spacial score (nSPS) is 17.5. The number of carboxylic acid groups (broad SMARTS) is 1. The highest BCUT2D eigenvalue weighted by molar-refractivity contribution is 5.89.